The molecule has 1 aliphatic carbocycles. The van der Waals surface area contributed by atoms with Crippen molar-refractivity contribution in [2.75, 3.05) is 12.0 Å². The lowest BCUT2D eigenvalue weighted by Gasteiger charge is -2.37. The van der Waals surface area contributed by atoms with Crippen LogP contribution in [0.2, 0.25) is 0 Å². The molecule has 0 spiro atoms. The predicted octanol–water partition coefficient (Wildman–Crippen LogP) is 5.19. The fourth-order valence-corrected chi connectivity index (χ4v) is 6.15. The first-order valence-corrected chi connectivity index (χ1v) is 13.4. The molecule has 2 aromatic carbocycles. The molecule has 8 nitrogen and oxygen atoms in total. The number of fused-ring (bicyclic) bond motifs is 1. The van der Waals surface area contributed by atoms with Crippen molar-refractivity contribution < 1.29 is 18.3 Å². The minimum atomic E-state index is -0.992. The Morgan fingerprint density at radius 2 is 1.69 bits per heavy atom. The fraction of sp³-hybridized carbons (Fsp3) is 0.414. The Bertz CT molecular complexity index is 1600. The summed E-state index contributed by atoms with van der Waals surface area (Å²) in [6.07, 6.45) is 8.89. The van der Waals surface area contributed by atoms with Gasteiger partial charge in [-0.15, -0.1) is 0 Å². The molecule has 204 valence electrons. The Morgan fingerprint density at radius 1 is 0.923 bits per heavy atom. The largest absolute Gasteiger partial charge is 0.381 e. The number of ether oxygens (including phenoxy) is 1. The van der Waals surface area contributed by atoms with Crippen molar-refractivity contribution in [1.29, 1.82) is 0 Å². The van der Waals surface area contributed by atoms with Crippen molar-refractivity contribution >= 4 is 22.6 Å². The fourth-order valence-electron chi connectivity index (χ4n) is 6.15. The number of halogens is 2. The molecule has 10 heteroatoms. The summed E-state index contributed by atoms with van der Waals surface area (Å²) in [6, 6.07) is 9.08. The summed E-state index contributed by atoms with van der Waals surface area (Å²) >= 11 is 0. The Balaban J connectivity index is 1.50. The monoisotopic (exact) mass is 535 g/mol. The van der Waals surface area contributed by atoms with Crippen LogP contribution in [0.25, 0.3) is 16.7 Å². The van der Waals surface area contributed by atoms with Crippen LogP contribution >= 0.6 is 0 Å². The van der Waals surface area contributed by atoms with Gasteiger partial charge in [0.05, 0.1) is 28.9 Å². The van der Waals surface area contributed by atoms with Gasteiger partial charge in [0.25, 0.3) is 0 Å². The van der Waals surface area contributed by atoms with Crippen molar-refractivity contribution in [3.8, 4) is 5.69 Å². The maximum absolute atomic E-state index is 14.3. The lowest BCUT2D eigenvalue weighted by molar-refractivity contribution is -0.120. The second-order valence-electron chi connectivity index (χ2n) is 10.5. The number of amides is 1. The standard InChI is InChI=1S/C29H31F2N5O3/c1-33-14-15-34(29(33)38)19-9-13-25-24(17-19)32-28(36(25)18-6-10-21(39-2)11-7-18)26-4-3-5-27(37)35(26)20-8-12-22(30)23(31)16-20/h8-9,12-18,21,26H,3-7,10-11H2,1-2H3. The van der Waals surface area contributed by atoms with Gasteiger partial charge in [0.15, 0.2) is 11.6 Å². The van der Waals surface area contributed by atoms with Gasteiger partial charge in [0, 0.05) is 50.8 Å². The molecule has 39 heavy (non-hydrogen) atoms. The summed E-state index contributed by atoms with van der Waals surface area (Å²) in [5, 5.41) is 0. The number of carbonyl (C=O) groups is 1. The Morgan fingerprint density at radius 3 is 2.38 bits per heavy atom. The summed E-state index contributed by atoms with van der Waals surface area (Å²) in [5.41, 5.74) is 2.50. The number of rotatable bonds is 5. The smallest absolute Gasteiger partial charge is 0.332 e. The molecular weight excluding hydrogens is 504 g/mol. The Kier molecular flexibility index (Phi) is 6.58. The van der Waals surface area contributed by atoms with E-state index in [0.29, 0.717) is 30.6 Å². The Hall–Kier alpha value is -3.79. The van der Waals surface area contributed by atoms with E-state index in [2.05, 4.69) is 4.57 Å². The number of imidazole rings is 2. The van der Waals surface area contributed by atoms with Gasteiger partial charge in [0.1, 0.15) is 5.82 Å². The SMILES string of the molecule is COC1CCC(n2c(C3CCCC(=O)N3c3ccc(F)c(F)c3)nc3cc(-n4ccn(C)c4=O)ccc32)CC1. The first kappa shape index (κ1) is 25.5. The summed E-state index contributed by atoms with van der Waals surface area (Å²) in [5.74, 6) is -1.36. The predicted molar refractivity (Wildman–Crippen MR) is 143 cm³/mol. The highest BCUT2D eigenvalue weighted by atomic mass is 19.2. The maximum Gasteiger partial charge on any atom is 0.332 e. The van der Waals surface area contributed by atoms with Crippen LogP contribution in [0.5, 0.6) is 0 Å². The van der Waals surface area contributed by atoms with Crippen molar-refractivity contribution in [1.82, 2.24) is 18.7 Å². The van der Waals surface area contributed by atoms with Crippen molar-refractivity contribution in [3.63, 3.8) is 0 Å². The molecule has 4 aromatic rings. The van der Waals surface area contributed by atoms with Crippen molar-refractivity contribution in [3.05, 3.63) is 76.7 Å². The molecule has 0 bridgehead atoms. The molecular formula is C29H31F2N5O3. The third-order valence-electron chi connectivity index (χ3n) is 8.20. The Labute approximate surface area is 224 Å². The molecule has 6 rings (SSSR count). The second-order valence-corrected chi connectivity index (χ2v) is 10.5. The number of anilines is 1. The molecule has 2 aliphatic rings. The van der Waals surface area contributed by atoms with Crippen LogP contribution in [-0.4, -0.2) is 37.8 Å². The third-order valence-corrected chi connectivity index (χ3v) is 8.20. The summed E-state index contributed by atoms with van der Waals surface area (Å²) < 4.78 is 38.9. The van der Waals surface area contributed by atoms with Gasteiger partial charge in [-0.05, 0) is 68.9 Å². The zero-order valence-electron chi connectivity index (χ0n) is 22.0. The minimum absolute atomic E-state index is 0.143. The minimum Gasteiger partial charge on any atom is -0.381 e. The van der Waals surface area contributed by atoms with Gasteiger partial charge in [-0.25, -0.2) is 18.6 Å². The second kappa shape index (κ2) is 10.1. The molecule has 1 unspecified atom stereocenters. The van der Waals surface area contributed by atoms with Crippen LogP contribution in [0.1, 0.15) is 62.9 Å². The average Bonchev–Trinajstić information content (AvgIpc) is 3.49. The van der Waals surface area contributed by atoms with Crippen LogP contribution in [0.15, 0.2) is 53.6 Å². The van der Waals surface area contributed by atoms with Gasteiger partial charge in [-0.1, -0.05) is 0 Å². The number of hydrogen-bond acceptors (Lipinski definition) is 4. The van der Waals surface area contributed by atoms with Crippen molar-refractivity contribution in [2.24, 2.45) is 7.05 Å². The number of nitrogens with zero attached hydrogens (tertiary/aromatic N) is 5. The van der Waals surface area contributed by atoms with E-state index in [4.69, 9.17) is 9.72 Å². The van der Waals surface area contributed by atoms with Crippen LogP contribution in [0, 0.1) is 11.6 Å². The van der Waals surface area contributed by atoms with E-state index in [9.17, 15) is 18.4 Å². The van der Waals surface area contributed by atoms with Crippen LogP contribution in [0.3, 0.4) is 0 Å². The molecule has 1 aliphatic heterocycles. The molecule has 1 atom stereocenters. The number of methoxy groups -OCH3 is 1. The molecule has 1 amide bonds. The average molecular weight is 536 g/mol. The normalized spacial score (nSPS) is 22.1. The topological polar surface area (TPSA) is 74.3 Å². The van der Waals surface area contributed by atoms with E-state index < -0.39 is 17.7 Å². The first-order valence-electron chi connectivity index (χ1n) is 13.4. The highest BCUT2D eigenvalue weighted by molar-refractivity contribution is 5.95. The molecule has 2 fully saturated rings. The quantitative estimate of drug-likeness (QED) is 0.353. The van der Waals surface area contributed by atoms with E-state index in [1.807, 2.05) is 18.2 Å². The number of aryl methyl sites for hydroxylation is 1. The van der Waals surface area contributed by atoms with Gasteiger partial charge in [-0.2, -0.15) is 0 Å². The van der Waals surface area contributed by atoms with Crippen LogP contribution in [0.4, 0.5) is 14.5 Å². The summed E-state index contributed by atoms with van der Waals surface area (Å²) in [6.45, 7) is 0. The molecule has 0 radical (unpaired) electrons. The number of piperidine rings is 1. The van der Waals surface area contributed by atoms with Crippen LogP contribution in [-0.2, 0) is 16.6 Å². The van der Waals surface area contributed by atoms with E-state index in [1.54, 1.807) is 36.0 Å². The number of benzene rings is 2. The lowest BCUT2D eigenvalue weighted by atomic mass is 9.92. The number of carbonyl (C=O) groups excluding carboxylic acids is 1. The van der Waals surface area contributed by atoms with E-state index in [0.717, 1.165) is 54.7 Å². The molecule has 1 saturated carbocycles. The third kappa shape index (κ3) is 4.46. The molecule has 3 heterocycles. The first-order chi connectivity index (χ1) is 18.9. The lowest BCUT2D eigenvalue weighted by Crippen LogP contribution is -2.40. The van der Waals surface area contributed by atoms with Gasteiger partial charge in [-0.3, -0.25) is 9.36 Å². The van der Waals surface area contributed by atoms with Gasteiger partial charge in [0.2, 0.25) is 5.91 Å². The van der Waals surface area contributed by atoms with E-state index >= 15 is 0 Å². The summed E-state index contributed by atoms with van der Waals surface area (Å²) in [7, 11) is 3.44. The zero-order chi connectivity index (χ0) is 27.3. The zero-order valence-corrected chi connectivity index (χ0v) is 22.0. The molecule has 0 N–H and O–H groups in total. The van der Waals surface area contributed by atoms with E-state index in [-0.39, 0.29) is 23.7 Å². The highest BCUT2D eigenvalue weighted by Gasteiger charge is 2.36. The molecule has 1 saturated heterocycles. The number of aromatic nitrogens is 4. The highest BCUT2D eigenvalue weighted by Crippen LogP contribution is 2.41. The van der Waals surface area contributed by atoms with E-state index in [1.165, 1.54) is 10.6 Å². The van der Waals surface area contributed by atoms with Gasteiger partial charge >= 0.3 is 5.69 Å². The summed E-state index contributed by atoms with van der Waals surface area (Å²) in [4.78, 5) is 32.5. The van der Waals surface area contributed by atoms with Crippen molar-refractivity contribution in [2.45, 2.75) is 63.1 Å². The van der Waals surface area contributed by atoms with Crippen LogP contribution < -0.4 is 10.6 Å². The molecule has 2 aromatic heterocycles. The number of hydrogen-bond donors (Lipinski definition) is 0. The van der Waals surface area contributed by atoms with Gasteiger partial charge < -0.3 is 18.8 Å². The maximum atomic E-state index is 14.3.